The molecule has 1 aromatic carbocycles. The van der Waals surface area contributed by atoms with Crippen LogP contribution in [0.15, 0.2) is 6.07 Å². The van der Waals surface area contributed by atoms with E-state index in [1.165, 1.54) is 5.32 Å². The van der Waals surface area contributed by atoms with Crippen molar-refractivity contribution in [1.82, 2.24) is 9.97 Å². The average molecular weight is 413 g/mol. The number of nitrogens with one attached hydrogen (secondary N) is 2. The maximum absolute atomic E-state index is 13.1. The van der Waals surface area contributed by atoms with Crippen LogP contribution in [-0.4, -0.2) is 27.6 Å². The van der Waals surface area contributed by atoms with Gasteiger partial charge in [-0.25, -0.2) is 4.98 Å². The van der Waals surface area contributed by atoms with E-state index in [9.17, 15) is 45.2 Å². The Labute approximate surface area is 142 Å². The summed E-state index contributed by atoms with van der Waals surface area (Å²) in [5.74, 6) is -1.47. The summed E-state index contributed by atoms with van der Waals surface area (Å²) < 4.78 is 103. The number of non-ortho nitro benzene ring substituents is 1. The third-order valence-electron chi connectivity index (χ3n) is 2.98. The van der Waals surface area contributed by atoms with Gasteiger partial charge < -0.3 is 10.3 Å². The van der Waals surface area contributed by atoms with Crippen LogP contribution >= 0.6 is 11.6 Å². The van der Waals surface area contributed by atoms with E-state index in [1.807, 2.05) is 0 Å². The third-order valence-corrected chi connectivity index (χ3v) is 3.16. The first-order chi connectivity index (χ1) is 11.6. The summed E-state index contributed by atoms with van der Waals surface area (Å²) >= 11 is 4.67. The van der Waals surface area contributed by atoms with Crippen LogP contribution in [0.1, 0.15) is 11.4 Å². The molecular weight excluding hydrogens is 408 g/mol. The molecule has 0 spiro atoms. The summed E-state index contributed by atoms with van der Waals surface area (Å²) in [6.45, 7) is -1.97. The van der Waals surface area contributed by atoms with Crippen molar-refractivity contribution in [2.45, 2.75) is 17.7 Å². The van der Waals surface area contributed by atoms with Gasteiger partial charge in [0.2, 0.25) is 0 Å². The van der Waals surface area contributed by atoms with Crippen LogP contribution in [0.2, 0.25) is 0 Å². The lowest BCUT2D eigenvalue weighted by Crippen LogP contribution is -2.23. The highest BCUT2D eigenvalue weighted by Crippen LogP contribution is 2.44. The Morgan fingerprint density at radius 2 is 1.77 bits per heavy atom. The van der Waals surface area contributed by atoms with Crippen molar-refractivity contribution >= 4 is 34.0 Å². The van der Waals surface area contributed by atoms with Crippen LogP contribution in [0, 0.1) is 10.1 Å². The number of rotatable bonds is 4. The lowest BCUT2D eigenvalue weighted by Gasteiger charge is -2.16. The van der Waals surface area contributed by atoms with Gasteiger partial charge in [0.25, 0.3) is 5.69 Å². The molecule has 1 heterocycles. The molecule has 0 atom stereocenters. The molecule has 2 N–H and O–H groups in total. The summed E-state index contributed by atoms with van der Waals surface area (Å²) in [6.07, 6.45) is -10.3. The molecule has 144 valence electrons. The molecular formula is C11H5ClF8N4O2. The van der Waals surface area contributed by atoms with Crippen LogP contribution in [0.4, 0.5) is 46.5 Å². The van der Waals surface area contributed by atoms with E-state index in [0.29, 0.717) is 0 Å². The topological polar surface area (TPSA) is 83.8 Å². The van der Waals surface area contributed by atoms with Crippen molar-refractivity contribution in [3.05, 3.63) is 27.6 Å². The third kappa shape index (κ3) is 4.05. The molecule has 2 rings (SSSR count). The molecule has 0 amide bonds. The lowest BCUT2D eigenvalue weighted by molar-refractivity contribution is -0.383. The molecule has 0 aliphatic carbocycles. The van der Waals surface area contributed by atoms with E-state index in [1.54, 1.807) is 4.98 Å². The second-order valence-electron chi connectivity index (χ2n) is 4.85. The summed E-state index contributed by atoms with van der Waals surface area (Å²) in [7, 11) is 0. The molecule has 0 unspecified atom stereocenters. The maximum Gasteiger partial charge on any atom is 0.418 e. The predicted octanol–water partition coefficient (Wildman–Crippen LogP) is 4.75. The average Bonchev–Trinajstić information content (AvgIpc) is 2.86. The number of nitro benzene ring substituents is 1. The molecule has 2 aromatic rings. The molecule has 0 fully saturated rings. The Morgan fingerprint density at radius 1 is 1.19 bits per heavy atom. The smallest absolute Gasteiger partial charge is 0.374 e. The zero-order valence-electron chi connectivity index (χ0n) is 11.9. The van der Waals surface area contributed by atoms with Gasteiger partial charge in [-0.3, -0.25) is 10.1 Å². The Kier molecular flexibility index (Phi) is 4.68. The highest BCUT2D eigenvalue weighted by molar-refractivity contribution is 6.21. The second-order valence-corrected chi connectivity index (χ2v) is 5.32. The van der Waals surface area contributed by atoms with Crippen LogP contribution in [0.25, 0.3) is 11.0 Å². The molecule has 0 aliphatic rings. The number of H-pyrrole nitrogens is 1. The Morgan fingerprint density at radius 3 is 2.19 bits per heavy atom. The minimum Gasteiger partial charge on any atom is -0.374 e. The van der Waals surface area contributed by atoms with Gasteiger partial charge in [0.15, 0.2) is 5.82 Å². The molecule has 0 saturated carbocycles. The summed E-state index contributed by atoms with van der Waals surface area (Å²) in [6, 6.07) is -0.0879. The van der Waals surface area contributed by atoms with Gasteiger partial charge in [0.05, 0.1) is 16.2 Å². The SMILES string of the molecule is O=[N+]([O-])c1cc(C(F)(F)F)c(NCC(F)(F)F)c2nc(C(F)(F)Cl)[nH]c12. The van der Waals surface area contributed by atoms with E-state index < -0.39 is 63.0 Å². The summed E-state index contributed by atoms with van der Waals surface area (Å²) in [5.41, 5.74) is -6.62. The number of hydrogen-bond donors (Lipinski definition) is 2. The summed E-state index contributed by atoms with van der Waals surface area (Å²) in [5, 5.41) is 8.09. The maximum atomic E-state index is 13.1. The van der Waals surface area contributed by atoms with Crippen molar-refractivity contribution in [3.63, 3.8) is 0 Å². The van der Waals surface area contributed by atoms with Gasteiger partial charge in [-0.1, -0.05) is 0 Å². The second kappa shape index (κ2) is 6.10. The van der Waals surface area contributed by atoms with E-state index in [2.05, 4.69) is 16.6 Å². The van der Waals surface area contributed by atoms with E-state index in [4.69, 9.17) is 0 Å². The largest absolute Gasteiger partial charge is 0.418 e. The summed E-state index contributed by atoms with van der Waals surface area (Å²) in [4.78, 5) is 14.3. The van der Waals surface area contributed by atoms with Gasteiger partial charge in [0.1, 0.15) is 17.6 Å². The zero-order chi connectivity index (χ0) is 20.1. The minimum absolute atomic E-state index is 0.0879. The molecule has 0 saturated heterocycles. The van der Waals surface area contributed by atoms with Crippen molar-refractivity contribution in [2.24, 2.45) is 0 Å². The Hall–Kier alpha value is -2.38. The minimum atomic E-state index is -5.34. The lowest BCUT2D eigenvalue weighted by atomic mass is 10.1. The molecule has 0 aliphatic heterocycles. The van der Waals surface area contributed by atoms with Crippen LogP contribution in [0.5, 0.6) is 0 Å². The van der Waals surface area contributed by atoms with Crippen LogP contribution in [0.3, 0.4) is 0 Å². The number of hydrogen-bond acceptors (Lipinski definition) is 4. The van der Waals surface area contributed by atoms with Gasteiger partial charge in [-0.2, -0.15) is 35.1 Å². The van der Waals surface area contributed by atoms with Crippen molar-refractivity contribution in [2.75, 3.05) is 11.9 Å². The number of fused-ring (bicyclic) bond motifs is 1. The quantitative estimate of drug-likeness (QED) is 0.328. The number of aromatic amines is 1. The predicted molar refractivity (Wildman–Crippen MR) is 72.0 cm³/mol. The fourth-order valence-electron chi connectivity index (χ4n) is 2.02. The fourth-order valence-corrected chi connectivity index (χ4v) is 2.11. The standard InChI is InChI=1S/C11H5ClF8N4O2/c12-10(16,17)8-22-6-4(24(25)26)1-3(11(18,19)20)5(7(6)23-8)21-2-9(13,14)15/h1,21H,2H2,(H,22,23). The zero-order valence-corrected chi connectivity index (χ0v) is 12.7. The molecule has 0 bridgehead atoms. The highest BCUT2D eigenvalue weighted by atomic mass is 35.5. The number of alkyl halides is 9. The van der Waals surface area contributed by atoms with E-state index in [0.717, 1.165) is 0 Å². The van der Waals surface area contributed by atoms with Crippen molar-refractivity contribution in [3.8, 4) is 0 Å². The van der Waals surface area contributed by atoms with Gasteiger partial charge >= 0.3 is 17.7 Å². The van der Waals surface area contributed by atoms with Crippen molar-refractivity contribution in [1.29, 1.82) is 0 Å². The fraction of sp³-hybridized carbons (Fsp3) is 0.364. The van der Waals surface area contributed by atoms with Gasteiger partial charge in [-0.15, -0.1) is 0 Å². The molecule has 1 aromatic heterocycles. The van der Waals surface area contributed by atoms with Crippen LogP contribution < -0.4 is 5.32 Å². The van der Waals surface area contributed by atoms with Gasteiger partial charge in [0, 0.05) is 6.07 Å². The Balaban J connectivity index is 2.84. The van der Waals surface area contributed by atoms with E-state index in [-0.39, 0.29) is 6.07 Å². The normalized spacial score (nSPS) is 13.3. The first kappa shape index (κ1) is 19.9. The number of nitro groups is 1. The number of anilines is 1. The first-order valence-corrected chi connectivity index (χ1v) is 6.65. The number of benzene rings is 1. The van der Waals surface area contributed by atoms with Crippen molar-refractivity contribution < 1.29 is 40.0 Å². The van der Waals surface area contributed by atoms with Crippen LogP contribution in [-0.2, 0) is 11.6 Å². The molecule has 26 heavy (non-hydrogen) atoms. The Bertz CT molecular complexity index is 855. The number of aromatic nitrogens is 2. The number of nitrogens with zero attached hydrogens (tertiary/aromatic N) is 2. The van der Waals surface area contributed by atoms with Gasteiger partial charge in [-0.05, 0) is 11.6 Å². The highest BCUT2D eigenvalue weighted by Gasteiger charge is 2.41. The molecule has 15 heteroatoms. The number of halogens is 9. The monoisotopic (exact) mass is 412 g/mol. The molecule has 6 nitrogen and oxygen atoms in total. The van der Waals surface area contributed by atoms with E-state index >= 15 is 0 Å². The first-order valence-electron chi connectivity index (χ1n) is 6.27. The number of imidazole rings is 1. The molecule has 0 radical (unpaired) electrons.